The molecule has 0 radical (unpaired) electrons. The number of fused-ring (bicyclic) bond motifs is 1. The number of rotatable bonds is 8. The monoisotopic (exact) mass is 596 g/mol. The number of carbonyl (C=O) groups excluding carboxylic acids is 3. The summed E-state index contributed by atoms with van der Waals surface area (Å²) in [7, 11) is 3.55. The van der Waals surface area contributed by atoms with Gasteiger partial charge in [0.2, 0.25) is 17.7 Å². The number of likely N-dealkylation sites (tertiary alicyclic amines) is 1. The zero-order chi connectivity index (χ0) is 29.6. The smallest absolute Gasteiger partial charge is 0.227 e. The number of benzene rings is 1. The van der Waals surface area contributed by atoms with Crippen molar-refractivity contribution >= 4 is 29.3 Å². The normalized spacial score (nSPS) is 25.9. The van der Waals surface area contributed by atoms with Crippen LogP contribution in [0.1, 0.15) is 92.8 Å². The molecule has 6 rings (SSSR count). The number of aryl methyl sites for hydroxylation is 1. The zero-order valence-electron chi connectivity index (χ0n) is 24.8. The Labute approximate surface area is 252 Å². The van der Waals surface area contributed by atoms with Crippen LogP contribution in [0.3, 0.4) is 0 Å². The third kappa shape index (κ3) is 5.16. The van der Waals surface area contributed by atoms with Crippen molar-refractivity contribution in [2.45, 2.75) is 83.3 Å². The van der Waals surface area contributed by atoms with Gasteiger partial charge in [-0.25, -0.2) is 0 Å². The highest BCUT2D eigenvalue weighted by Crippen LogP contribution is 2.47. The van der Waals surface area contributed by atoms with Gasteiger partial charge in [0.1, 0.15) is 18.1 Å². The van der Waals surface area contributed by atoms with Crippen molar-refractivity contribution in [3.05, 3.63) is 39.7 Å². The van der Waals surface area contributed by atoms with Crippen molar-refractivity contribution in [2.24, 2.45) is 18.4 Å². The van der Waals surface area contributed by atoms with Crippen LogP contribution in [-0.2, 0) is 34.5 Å². The first-order valence-electron chi connectivity index (χ1n) is 15.4. The van der Waals surface area contributed by atoms with E-state index in [1.807, 2.05) is 40.6 Å². The molecule has 2 aliphatic heterocycles. The predicted octanol–water partition coefficient (Wildman–Crippen LogP) is 3.92. The van der Waals surface area contributed by atoms with Crippen molar-refractivity contribution in [1.82, 2.24) is 30.1 Å². The summed E-state index contributed by atoms with van der Waals surface area (Å²) in [5.41, 5.74) is 2.96. The quantitative estimate of drug-likeness (QED) is 0.495. The first-order valence-corrected chi connectivity index (χ1v) is 15.7. The zero-order valence-corrected chi connectivity index (χ0v) is 25.6. The van der Waals surface area contributed by atoms with E-state index in [1.54, 1.807) is 7.05 Å². The second-order valence-electron chi connectivity index (χ2n) is 12.6. The summed E-state index contributed by atoms with van der Waals surface area (Å²) < 4.78 is 8.33. The van der Waals surface area contributed by atoms with Crippen LogP contribution in [0.15, 0.2) is 12.1 Å². The summed E-state index contributed by atoms with van der Waals surface area (Å²) >= 11 is 6.78. The van der Waals surface area contributed by atoms with Crippen molar-refractivity contribution in [3.63, 3.8) is 0 Å². The van der Waals surface area contributed by atoms with E-state index in [-0.39, 0.29) is 24.3 Å². The van der Waals surface area contributed by atoms with Gasteiger partial charge in [-0.05, 0) is 63.1 Å². The molecule has 4 aliphatic rings. The summed E-state index contributed by atoms with van der Waals surface area (Å²) in [6, 6.07) is 3.29. The van der Waals surface area contributed by atoms with Crippen molar-refractivity contribution < 1.29 is 19.1 Å². The van der Waals surface area contributed by atoms with E-state index in [2.05, 4.69) is 15.6 Å². The van der Waals surface area contributed by atoms with Crippen LogP contribution >= 0.6 is 11.6 Å². The molecule has 0 spiro atoms. The third-order valence-corrected chi connectivity index (χ3v) is 10.3. The van der Waals surface area contributed by atoms with Crippen molar-refractivity contribution in [3.8, 4) is 5.75 Å². The minimum Gasteiger partial charge on any atom is -0.487 e. The second-order valence-corrected chi connectivity index (χ2v) is 13.0. The van der Waals surface area contributed by atoms with Gasteiger partial charge < -0.3 is 19.9 Å². The molecule has 1 saturated heterocycles. The summed E-state index contributed by atoms with van der Waals surface area (Å²) in [5, 5.41) is 12.1. The number of amides is 3. The SMILES string of the molecule is CNC(=O)[C@@]1(C)CCCC[C@H]1C(=O)N1CCc2c(Cl)ccc(OCc3nnn(C)c3C3CC3)c2[C@H]1CN1CCCC1=O. The molecule has 3 heterocycles. The lowest BCUT2D eigenvalue weighted by Gasteiger charge is -2.46. The van der Waals surface area contributed by atoms with E-state index in [4.69, 9.17) is 16.3 Å². The van der Waals surface area contributed by atoms with Gasteiger partial charge >= 0.3 is 0 Å². The molecule has 3 fully saturated rings. The molecule has 2 aromatic rings. The van der Waals surface area contributed by atoms with E-state index in [0.717, 1.165) is 54.6 Å². The van der Waals surface area contributed by atoms with Crippen LogP contribution < -0.4 is 10.1 Å². The molecule has 1 N–H and O–H groups in total. The van der Waals surface area contributed by atoms with Crippen molar-refractivity contribution in [2.75, 3.05) is 26.7 Å². The molecule has 10 nitrogen and oxygen atoms in total. The number of hydrogen-bond donors (Lipinski definition) is 1. The minimum absolute atomic E-state index is 0.0287. The third-order valence-electron chi connectivity index (χ3n) is 9.94. The van der Waals surface area contributed by atoms with Crippen LogP contribution in [0.2, 0.25) is 5.02 Å². The molecule has 11 heteroatoms. The fraction of sp³-hybridized carbons (Fsp3) is 0.645. The molecule has 1 aromatic carbocycles. The summed E-state index contributed by atoms with van der Waals surface area (Å²) in [5.74, 6) is 0.656. The summed E-state index contributed by atoms with van der Waals surface area (Å²) in [6.45, 7) is 3.68. The summed E-state index contributed by atoms with van der Waals surface area (Å²) in [4.78, 5) is 44.2. The van der Waals surface area contributed by atoms with Gasteiger partial charge in [0.05, 0.1) is 23.1 Å². The van der Waals surface area contributed by atoms with Crippen LogP contribution in [0.4, 0.5) is 0 Å². The molecule has 2 aliphatic carbocycles. The molecule has 3 atom stereocenters. The average Bonchev–Trinajstić information content (AvgIpc) is 3.64. The van der Waals surface area contributed by atoms with Crippen LogP contribution in [0, 0.1) is 11.3 Å². The highest BCUT2D eigenvalue weighted by molar-refractivity contribution is 6.31. The number of ether oxygens (including phenoxy) is 1. The lowest BCUT2D eigenvalue weighted by atomic mass is 9.66. The Morgan fingerprint density at radius 1 is 1.14 bits per heavy atom. The van der Waals surface area contributed by atoms with Gasteiger partial charge in [0.25, 0.3) is 0 Å². The Hall–Kier alpha value is -3.14. The van der Waals surface area contributed by atoms with E-state index < -0.39 is 17.4 Å². The average molecular weight is 597 g/mol. The molecule has 2 saturated carbocycles. The molecule has 3 amide bonds. The molecule has 1 aromatic heterocycles. The maximum Gasteiger partial charge on any atom is 0.227 e. The minimum atomic E-state index is -0.781. The number of nitrogens with one attached hydrogen (secondary N) is 1. The molecule has 0 unspecified atom stereocenters. The van der Waals surface area contributed by atoms with Crippen LogP contribution in [0.5, 0.6) is 5.75 Å². The first kappa shape index (κ1) is 29.0. The fourth-order valence-corrected chi connectivity index (χ4v) is 7.72. The van der Waals surface area contributed by atoms with Gasteiger partial charge in [-0.1, -0.05) is 29.7 Å². The maximum atomic E-state index is 14.5. The fourth-order valence-electron chi connectivity index (χ4n) is 7.47. The number of hydrogen-bond acceptors (Lipinski definition) is 6. The van der Waals surface area contributed by atoms with Gasteiger partial charge in [0.15, 0.2) is 0 Å². The predicted molar refractivity (Wildman–Crippen MR) is 157 cm³/mol. The number of carbonyl (C=O) groups is 3. The Bertz CT molecular complexity index is 1390. The molecular weight excluding hydrogens is 556 g/mol. The Morgan fingerprint density at radius 3 is 2.67 bits per heavy atom. The number of nitrogens with zero attached hydrogens (tertiary/aromatic N) is 5. The second kappa shape index (κ2) is 11.5. The molecule has 226 valence electrons. The van der Waals surface area contributed by atoms with Crippen molar-refractivity contribution in [1.29, 1.82) is 0 Å². The van der Waals surface area contributed by atoms with Crippen LogP contribution in [-0.4, -0.2) is 69.2 Å². The van der Waals surface area contributed by atoms with E-state index >= 15 is 0 Å². The Balaban J connectivity index is 1.36. The molecular formula is C31H41ClN6O4. The van der Waals surface area contributed by atoms with Gasteiger partial charge in [-0.3, -0.25) is 19.1 Å². The number of halogens is 1. The van der Waals surface area contributed by atoms with E-state index in [0.29, 0.717) is 62.0 Å². The van der Waals surface area contributed by atoms with Gasteiger partial charge in [0, 0.05) is 56.7 Å². The van der Waals surface area contributed by atoms with E-state index in [9.17, 15) is 14.4 Å². The lowest BCUT2D eigenvalue weighted by molar-refractivity contribution is -0.153. The largest absolute Gasteiger partial charge is 0.487 e. The maximum absolute atomic E-state index is 14.5. The highest BCUT2D eigenvalue weighted by atomic mass is 35.5. The molecule has 42 heavy (non-hydrogen) atoms. The standard InChI is InChI=1S/C31H41ClN6O4/c1-31(30(41)33-2)14-5-4-7-21(31)29(40)38-16-13-20-22(32)11-12-25(27(20)24(38)17-37-15-6-8-26(37)39)42-18-23-28(19-9-10-19)36(3)35-34-23/h11-12,19,21,24H,4-10,13-18H2,1-3H3,(H,33,41)/t21-,24+,31-/m0/s1. The Kier molecular flexibility index (Phi) is 7.93. The lowest BCUT2D eigenvalue weighted by Crippen LogP contribution is -2.54. The first-order chi connectivity index (χ1) is 20.2. The summed E-state index contributed by atoms with van der Waals surface area (Å²) in [6.07, 6.45) is 7.31. The van der Waals surface area contributed by atoms with E-state index in [1.165, 1.54) is 0 Å². The van der Waals surface area contributed by atoms with Crippen LogP contribution in [0.25, 0.3) is 0 Å². The topological polar surface area (TPSA) is 110 Å². The highest BCUT2D eigenvalue weighted by Gasteiger charge is 2.49. The molecule has 0 bridgehead atoms. The number of aromatic nitrogens is 3. The van der Waals surface area contributed by atoms with Gasteiger partial charge in [-0.2, -0.15) is 0 Å². The van der Waals surface area contributed by atoms with Gasteiger partial charge in [-0.15, -0.1) is 5.10 Å². The Morgan fingerprint density at radius 2 is 1.95 bits per heavy atom.